The van der Waals surface area contributed by atoms with Gasteiger partial charge in [-0.15, -0.1) is 0 Å². The molecule has 2 atom stereocenters. The zero-order valence-corrected chi connectivity index (χ0v) is 12.9. The standard InChI is InChI=1S/C15H16F3NO5/c1-3-24-11(20)4-7(2)13(15(22)23)19-14(21)12-9(17)5-8(16)6-10(12)18/h5-7,13H,3-4H2,1-2H3,(H,19,21)(H,22,23)/t7-,13+/m1/s1. The van der Waals surface area contributed by atoms with E-state index in [1.807, 2.05) is 5.32 Å². The maximum absolute atomic E-state index is 13.6. The molecule has 1 aromatic carbocycles. The fourth-order valence-corrected chi connectivity index (χ4v) is 2.02. The Hall–Kier alpha value is -2.58. The summed E-state index contributed by atoms with van der Waals surface area (Å²) in [6.07, 6.45) is -0.320. The predicted molar refractivity (Wildman–Crippen MR) is 75.6 cm³/mol. The van der Waals surface area contributed by atoms with Gasteiger partial charge in [-0.2, -0.15) is 0 Å². The summed E-state index contributed by atoms with van der Waals surface area (Å²) in [6.45, 7) is 3.02. The maximum atomic E-state index is 13.6. The highest BCUT2D eigenvalue weighted by molar-refractivity contribution is 5.97. The molecular weight excluding hydrogens is 331 g/mol. The van der Waals surface area contributed by atoms with Crippen LogP contribution < -0.4 is 5.32 Å². The summed E-state index contributed by atoms with van der Waals surface area (Å²) < 4.78 is 44.7. The van der Waals surface area contributed by atoms with Crippen LogP contribution >= 0.6 is 0 Å². The van der Waals surface area contributed by atoms with E-state index in [-0.39, 0.29) is 13.0 Å². The molecule has 1 amide bonds. The minimum Gasteiger partial charge on any atom is -0.480 e. The van der Waals surface area contributed by atoms with Crippen molar-refractivity contribution in [2.75, 3.05) is 6.61 Å². The molecule has 9 heteroatoms. The summed E-state index contributed by atoms with van der Waals surface area (Å²) >= 11 is 0. The highest BCUT2D eigenvalue weighted by Gasteiger charge is 2.30. The highest BCUT2D eigenvalue weighted by Crippen LogP contribution is 2.16. The van der Waals surface area contributed by atoms with Crippen molar-refractivity contribution in [3.8, 4) is 0 Å². The number of aliphatic carboxylic acids is 1. The number of esters is 1. The number of hydrogen-bond acceptors (Lipinski definition) is 4. The third-order valence-electron chi connectivity index (χ3n) is 3.15. The molecule has 0 radical (unpaired) electrons. The molecule has 0 saturated heterocycles. The van der Waals surface area contributed by atoms with Gasteiger partial charge in [0.15, 0.2) is 0 Å². The van der Waals surface area contributed by atoms with Crippen LogP contribution in [0.1, 0.15) is 30.6 Å². The molecule has 0 saturated carbocycles. The Balaban J connectivity index is 2.95. The van der Waals surface area contributed by atoms with Crippen LogP contribution in [-0.4, -0.2) is 35.6 Å². The van der Waals surface area contributed by atoms with E-state index in [1.165, 1.54) is 6.92 Å². The lowest BCUT2D eigenvalue weighted by atomic mass is 9.97. The van der Waals surface area contributed by atoms with Crippen LogP contribution in [0.4, 0.5) is 13.2 Å². The fourth-order valence-electron chi connectivity index (χ4n) is 2.02. The molecule has 132 valence electrons. The van der Waals surface area contributed by atoms with E-state index in [0.717, 1.165) is 0 Å². The van der Waals surface area contributed by atoms with Crippen LogP contribution in [0.15, 0.2) is 12.1 Å². The molecule has 0 aliphatic carbocycles. The third kappa shape index (κ3) is 4.97. The Bertz CT molecular complexity index is 627. The zero-order chi connectivity index (χ0) is 18.4. The van der Waals surface area contributed by atoms with Gasteiger partial charge < -0.3 is 15.2 Å². The van der Waals surface area contributed by atoms with Gasteiger partial charge in [0.2, 0.25) is 0 Å². The average molecular weight is 347 g/mol. The lowest BCUT2D eigenvalue weighted by Crippen LogP contribution is -2.46. The SMILES string of the molecule is CCOC(=O)C[C@@H](C)[C@H](NC(=O)c1c(F)cc(F)cc1F)C(=O)O. The average Bonchev–Trinajstić information content (AvgIpc) is 2.43. The number of carbonyl (C=O) groups excluding carboxylic acids is 2. The number of benzene rings is 1. The lowest BCUT2D eigenvalue weighted by Gasteiger charge is -2.21. The van der Waals surface area contributed by atoms with Gasteiger partial charge in [0.25, 0.3) is 5.91 Å². The van der Waals surface area contributed by atoms with Crippen LogP contribution in [0.3, 0.4) is 0 Å². The van der Waals surface area contributed by atoms with Gasteiger partial charge >= 0.3 is 11.9 Å². The second-order valence-corrected chi connectivity index (χ2v) is 5.02. The van der Waals surface area contributed by atoms with E-state index in [2.05, 4.69) is 4.74 Å². The van der Waals surface area contributed by atoms with Crippen LogP contribution in [0.5, 0.6) is 0 Å². The van der Waals surface area contributed by atoms with Gasteiger partial charge in [0.05, 0.1) is 13.0 Å². The van der Waals surface area contributed by atoms with Gasteiger partial charge in [-0.05, 0) is 12.8 Å². The molecule has 0 fully saturated rings. The molecule has 0 unspecified atom stereocenters. The van der Waals surface area contributed by atoms with E-state index in [9.17, 15) is 27.6 Å². The van der Waals surface area contributed by atoms with Gasteiger partial charge in [-0.25, -0.2) is 18.0 Å². The van der Waals surface area contributed by atoms with Gasteiger partial charge in [-0.1, -0.05) is 6.92 Å². The molecule has 24 heavy (non-hydrogen) atoms. The summed E-state index contributed by atoms with van der Waals surface area (Å²) in [5.74, 6) is -8.59. The molecule has 0 aliphatic rings. The quantitative estimate of drug-likeness (QED) is 0.735. The Kier molecular flexibility index (Phi) is 6.75. The molecule has 0 heterocycles. The number of amides is 1. The zero-order valence-electron chi connectivity index (χ0n) is 12.9. The normalized spacial score (nSPS) is 13.0. The molecule has 0 spiro atoms. The number of ether oxygens (including phenoxy) is 1. The first-order valence-corrected chi connectivity index (χ1v) is 7.01. The molecule has 0 aromatic heterocycles. The van der Waals surface area contributed by atoms with Gasteiger partial charge in [0, 0.05) is 12.1 Å². The van der Waals surface area contributed by atoms with E-state index in [4.69, 9.17) is 5.11 Å². The van der Waals surface area contributed by atoms with Crippen LogP contribution in [-0.2, 0) is 14.3 Å². The Morgan fingerprint density at radius 3 is 2.21 bits per heavy atom. The second kappa shape index (κ2) is 8.32. The number of nitrogens with one attached hydrogen (secondary N) is 1. The van der Waals surface area contributed by atoms with E-state index in [1.54, 1.807) is 6.92 Å². The van der Waals surface area contributed by atoms with Gasteiger partial charge in [-0.3, -0.25) is 9.59 Å². The molecule has 1 rings (SSSR count). The van der Waals surface area contributed by atoms with Crippen molar-refractivity contribution in [2.24, 2.45) is 5.92 Å². The summed E-state index contributed by atoms with van der Waals surface area (Å²) in [6, 6.07) is -0.989. The first kappa shape index (κ1) is 19.5. The van der Waals surface area contributed by atoms with Crippen molar-refractivity contribution in [3.05, 3.63) is 35.1 Å². The van der Waals surface area contributed by atoms with Crippen molar-refractivity contribution < 1.29 is 37.4 Å². The van der Waals surface area contributed by atoms with E-state index < -0.39 is 52.8 Å². The number of halogens is 3. The fraction of sp³-hybridized carbons (Fsp3) is 0.400. The summed E-state index contributed by atoms with van der Waals surface area (Å²) in [7, 11) is 0. The number of hydrogen-bond donors (Lipinski definition) is 2. The van der Waals surface area contributed by atoms with Crippen molar-refractivity contribution >= 4 is 17.8 Å². The monoisotopic (exact) mass is 347 g/mol. The van der Waals surface area contributed by atoms with Crippen LogP contribution in [0.2, 0.25) is 0 Å². The Morgan fingerprint density at radius 1 is 1.21 bits per heavy atom. The Morgan fingerprint density at radius 2 is 1.75 bits per heavy atom. The largest absolute Gasteiger partial charge is 0.480 e. The number of carboxylic acids is 1. The Labute approximate surface area is 135 Å². The highest BCUT2D eigenvalue weighted by atomic mass is 19.1. The van der Waals surface area contributed by atoms with Crippen LogP contribution in [0.25, 0.3) is 0 Å². The smallest absolute Gasteiger partial charge is 0.326 e. The first-order chi connectivity index (χ1) is 11.2. The predicted octanol–water partition coefficient (Wildman–Crippen LogP) is 1.88. The van der Waals surface area contributed by atoms with Crippen molar-refractivity contribution in [1.82, 2.24) is 5.32 Å². The molecule has 2 N–H and O–H groups in total. The van der Waals surface area contributed by atoms with E-state index >= 15 is 0 Å². The van der Waals surface area contributed by atoms with E-state index in [0.29, 0.717) is 12.1 Å². The summed E-state index contributed by atoms with van der Waals surface area (Å²) in [4.78, 5) is 34.6. The molecular formula is C15H16F3NO5. The van der Waals surface area contributed by atoms with Crippen molar-refractivity contribution in [2.45, 2.75) is 26.3 Å². The van der Waals surface area contributed by atoms with Crippen molar-refractivity contribution in [1.29, 1.82) is 0 Å². The summed E-state index contributed by atoms with van der Waals surface area (Å²) in [5.41, 5.74) is -1.11. The van der Waals surface area contributed by atoms with Gasteiger partial charge in [0.1, 0.15) is 29.1 Å². The number of carboxylic acid groups (broad SMARTS) is 1. The second-order valence-electron chi connectivity index (χ2n) is 5.02. The molecule has 6 nitrogen and oxygen atoms in total. The third-order valence-corrected chi connectivity index (χ3v) is 3.15. The molecule has 1 aromatic rings. The topological polar surface area (TPSA) is 92.7 Å². The minimum absolute atomic E-state index is 0.0989. The summed E-state index contributed by atoms with van der Waals surface area (Å²) in [5, 5.41) is 11.1. The molecule has 0 aliphatic heterocycles. The minimum atomic E-state index is -1.59. The van der Waals surface area contributed by atoms with Crippen molar-refractivity contribution in [3.63, 3.8) is 0 Å². The number of rotatable bonds is 7. The number of carbonyl (C=O) groups is 3. The molecule has 0 bridgehead atoms. The first-order valence-electron chi connectivity index (χ1n) is 7.01. The lowest BCUT2D eigenvalue weighted by molar-refractivity contribution is -0.145. The van der Waals surface area contributed by atoms with Crippen LogP contribution in [0, 0.1) is 23.4 Å². The maximum Gasteiger partial charge on any atom is 0.326 e.